The lowest BCUT2D eigenvalue weighted by molar-refractivity contribution is 0.00880. The van der Waals surface area contributed by atoms with Gasteiger partial charge in [-0.25, -0.2) is 5.48 Å². The van der Waals surface area contributed by atoms with Crippen molar-refractivity contribution in [3.05, 3.63) is 33.4 Å². The van der Waals surface area contributed by atoms with Crippen LogP contribution < -0.4 is 5.48 Å². The summed E-state index contributed by atoms with van der Waals surface area (Å²) < 4.78 is 4.85. The Balaban J connectivity index is 2.97. The summed E-state index contributed by atoms with van der Waals surface area (Å²) in [4.78, 5) is 17.3. The van der Waals surface area contributed by atoms with Crippen LogP contribution in [0.1, 0.15) is 38.2 Å². The molecule has 0 aromatic heterocycles. The van der Waals surface area contributed by atoms with E-state index in [1.54, 1.807) is 7.11 Å². The third kappa shape index (κ3) is 3.33. The highest BCUT2D eigenvalue weighted by Gasteiger charge is 2.18. The lowest BCUT2D eigenvalue weighted by Crippen LogP contribution is -2.27. The Morgan fingerprint density at radius 2 is 1.37 bits per heavy atom. The van der Waals surface area contributed by atoms with E-state index in [9.17, 15) is 4.79 Å². The molecule has 0 radical (unpaired) electrons. The Kier molecular flexibility index (Phi) is 5.51. The zero-order valence-electron chi connectivity index (χ0n) is 12.6. The van der Waals surface area contributed by atoms with Crippen molar-refractivity contribution >= 4 is 5.91 Å². The van der Waals surface area contributed by atoms with Crippen LogP contribution in [0.25, 0.3) is 0 Å². The summed E-state index contributed by atoms with van der Waals surface area (Å²) in [6.45, 7) is 10.9. The number of nitrogens with one attached hydrogen (secondary N) is 1. The summed E-state index contributed by atoms with van der Waals surface area (Å²) in [6, 6.07) is 0. The molecule has 19 heavy (non-hydrogen) atoms. The first-order valence-electron chi connectivity index (χ1n) is 6.39. The Labute approximate surface area is 115 Å². The first kappa shape index (κ1) is 15.7. The second kappa shape index (κ2) is 6.68. The number of hydrogen-bond donors (Lipinski definition) is 1. The van der Waals surface area contributed by atoms with Crippen molar-refractivity contribution < 1.29 is 14.4 Å². The highest BCUT2D eigenvalue weighted by Crippen LogP contribution is 2.25. The fraction of sp³-hybridized carbons (Fsp3) is 0.533. The van der Waals surface area contributed by atoms with E-state index in [-0.39, 0.29) is 5.91 Å². The van der Waals surface area contributed by atoms with Gasteiger partial charge in [0.25, 0.3) is 5.91 Å². The van der Waals surface area contributed by atoms with Gasteiger partial charge >= 0.3 is 0 Å². The normalized spacial score (nSPS) is 10.6. The molecule has 4 heteroatoms. The van der Waals surface area contributed by atoms with Crippen LogP contribution >= 0.6 is 0 Å². The van der Waals surface area contributed by atoms with Gasteiger partial charge in [-0.2, -0.15) is 0 Å². The van der Waals surface area contributed by atoms with E-state index in [1.807, 2.05) is 27.7 Å². The van der Waals surface area contributed by atoms with Crippen LogP contribution in [0.5, 0.6) is 0 Å². The minimum atomic E-state index is -0.197. The van der Waals surface area contributed by atoms with Crippen molar-refractivity contribution in [3.63, 3.8) is 0 Å². The number of hydrogen-bond acceptors (Lipinski definition) is 3. The number of amides is 1. The van der Waals surface area contributed by atoms with E-state index >= 15 is 0 Å². The molecule has 0 aliphatic rings. The van der Waals surface area contributed by atoms with Crippen molar-refractivity contribution in [1.82, 2.24) is 5.48 Å². The number of methoxy groups -OCH3 is 1. The van der Waals surface area contributed by atoms with Gasteiger partial charge in [0, 0.05) is 12.7 Å². The fourth-order valence-corrected chi connectivity index (χ4v) is 2.13. The molecule has 0 bridgehead atoms. The van der Waals surface area contributed by atoms with Crippen molar-refractivity contribution in [2.24, 2.45) is 0 Å². The van der Waals surface area contributed by atoms with Crippen LogP contribution in [0, 0.1) is 34.6 Å². The van der Waals surface area contributed by atoms with Gasteiger partial charge < -0.3 is 4.74 Å². The topological polar surface area (TPSA) is 47.6 Å². The summed E-state index contributed by atoms with van der Waals surface area (Å²) in [7, 11) is 1.59. The monoisotopic (exact) mass is 265 g/mol. The van der Waals surface area contributed by atoms with E-state index in [0.717, 1.165) is 22.3 Å². The van der Waals surface area contributed by atoms with E-state index in [2.05, 4.69) is 12.4 Å². The SMILES string of the molecule is COCCONC(=O)c1c(C)c(C)c(C)c(C)c1C. The molecule has 0 atom stereocenters. The summed E-state index contributed by atoms with van der Waals surface area (Å²) in [5, 5.41) is 0. The molecule has 106 valence electrons. The smallest absolute Gasteiger partial charge is 0.275 e. The molecular formula is C15H23NO3. The second-order valence-electron chi connectivity index (χ2n) is 4.77. The minimum Gasteiger partial charge on any atom is -0.382 e. The van der Waals surface area contributed by atoms with E-state index in [0.29, 0.717) is 18.8 Å². The molecule has 0 fully saturated rings. The first-order valence-corrected chi connectivity index (χ1v) is 6.39. The quantitative estimate of drug-likeness (QED) is 0.657. The molecule has 1 amide bonds. The number of benzene rings is 1. The van der Waals surface area contributed by atoms with Crippen molar-refractivity contribution in [2.75, 3.05) is 20.3 Å². The number of carbonyl (C=O) groups excluding carboxylic acids is 1. The van der Waals surface area contributed by atoms with Crippen molar-refractivity contribution in [1.29, 1.82) is 0 Å². The summed E-state index contributed by atoms with van der Waals surface area (Å²) in [6.07, 6.45) is 0. The van der Waals surface area contributed by atoms with Crippen LogP contribution in [-0.4, -0.2) is 26.2 Å². The highest BCUT2D eigenvalue weighted by molar-refractivity contribution is 5.97. The maximum Gasteiger partial charge on any atom is 0.275 e. The fourth-order valence-electron chi connectivity index (χ4n) is 2.13. The average Bonchev–Trinajstić information content (AvgIpc) is 2.39. The van der Waals surface area contributed by atoms with Crippen LogP contribution in [0.4, 0.5) is 0 Å². The average molecular weight is 265 g/mol. The summed E-state index contributed by atoms with van der Waals surface area (Å²) >= 11 is 0. The summed E-state index contributed by atoms with van der Waals surface area (Å²) in [5.74, 6) is -0.197. The van der Waals surface area contributed by atoms with E-state index < -0.39 is 0 Å². The molecule has 0 saturated carbocycles. The highest BCUT2D eigenvalue weighted by atomic mass is 16.7. The van der Waals surface area contributed by atoms with Gasteiger partial charge in [-0.15, -0.1) is 0 Å². The lowest BCUT2D eigenvalue weighted by Gasteiger charge is -2.18. The first-order chi connectivity index (χ1) is 8.91. The largest absolute Gasteiger partial charge is 0.382 e. The number of ether oxygens (including phenoxy) is 1. The molecule has 1 aromatic carbocycles. The number of hydroxylamine groups is 1. The lowest BCUT2D eigenvalue weighted by atomic mass is 9.89. The zero-order valence-corrected chi connectivity index (χ0v) is 12.6. The molecule has 0 saturated heterocycles. The Bertz CT molecular complexity index is 452. The third-order valence-electron chi connectivity index (χ3n) is 3.78. The molecule has 0 heterocycles. The van der Waals surface area contributed by atoms with Crippen LogP contribution in [0.2, 0.25) is 0 Å². The molecule has 1 aromatic rings. The molecule has 4 nitrogen and oxygen atoms in total. The molecular weight excluding hydrogens is 242 g/mol. The zero-order chi connectivity index (χ0) is 14.6. The van der Waals surface area contributed by atoms with Crippen LogP contribution in [-0.2, 0) is 9.57 Å². The van der Waals surface area contributed by atoms with Crippen LogP contribution in [0.15, 0.2) is 0 Å². The van der Waals surface area contributed by atoms with E-state index in [4.69, 9.17) is 9.57 Å². The van der Waals surface area contributed by atoms with Gasteiger partial charge in [-0.05, 0) is 62.4 Å². The Hall–Kier alpha value is -1.39. The van der Waals surface area contributed by atoms with Crippen LogP contribution in [0.3, 0.4) is 0 Å². The summed E-state index contributed by atoms with van der Waals surface area (Å²) in [5.41, 5.74) is 8.75. The van der Waals surface area contributed by atoms with Gasteiger partial charge in [0.1, 0.15) is 0 Å². The third-order valence-corrected chi connectivity index (χ3v) is 3.78. The predicted octanol–water partition coefficient (Wildman–Crippen LogP) is 2.54. The van der Waals surface area contributed by atoms with Crippen molar-refractivity contribution in [3.8, 4) is 0 Å². The van der Waals surface area contributed by atoms with E-state index in [1.165, 1.54) is 5.56 Å². The van der Waals surface area contributed by atoms with Gasteiger partial charge in [0.05, 0.1) is 13.2 Å². The maximum absolute atomic E-state index is 12.2. The molecule has 0 unspecified atom stereocenters. The number of carbonyl (C=O) groups is 1. The van der Waals surface area contributed by atoms with Crippen molar-refractivity contribution in [2.45, 2.75) is 34.6 Å². The molecule has 1 N–H and O–H groups in total. The Morgan fingerprint density at radius 1 is 0.895 bits per heavy atom. The molecule has 1 rings (SSSR count). The Morgan fingerprint density at radius 3 is 1.84 bits per heavy atom. The van der Waals surface area contributed by atoms with Gasteiger partial charge in [-0.1, -0.05) is 0 Å². The molecule has 0 spiro atoms. The maximum atomic E-state index is 12.2. The minimum absolute atomic E-state index is 0.197. The van der Waals surface area contributed by atoms with Gasteiger partial charge in [-0.3, -0.25) is 9.63 Å². The van der Waals surface area contributed by atoms with Gasteiger partial charge in [0.2, 0.25) is 0 Å². The number of rotatable bonds is 5. The second-order valence-corrected chi connectivity index (χ2v) is 4.77. The van der Waals surface area contributed by atoms with Gasteiger partial charge in [0.15, 0.2) is 0 Å². The molecule has 0 aliphatic heterocycles. The standard InChI is InChI=1S/C15H23NO3/c1-9-10(2)12(4)14(13(5)11(9)3)15(17)16-19-8-7-18-6/h7-8H2,1-6H3,(H,16,17). The molecule has 0 aliphatic carbocycles. The predicted molar refractivity (Wildman–Crippen MR) is 75.4 cm³/mol.